The summed E-state index contributed by atoms with van der Waals surface area (Å²) in [6, 6.07) is 0. The Morgan fingerprint density at radius 3 is 2.54 bits per heavy atom. The average Bonchev–Trinajstić information content (AvgIpc) is 2.65. The summed E-state index contributed by atoms with van der Waals surface area (Å²) in [6.07, 6.45) is 1.76. The Labute approximate surface area is 79.4 Å². The summed E-state index contributed by atoms with van der Waals surface area (Å²) in [4.78, 5) is 0. The zero-order valence-electron chi connectivity index (χ0n) is 7.37. The van der Waals surface area contributed by atoms with Gasteiger partial charge in [0, 0.05) is 14.2 Å². The van der Waals surface area contributed by atoms with Crippen LogP contribution in [0.3, 0.4) is 0 Å². The van der Waals surface area contributed by atoms with Crippen LogP contribution >= 0.6 is 19.5 Å². The van der Waals surface area contributed by atoms with Crippen LogP contribution in [-0.2, 0) is 13.6 Å². The van der Waals surface area contributed by atoms with Gasteiger partial charge in [0.1, 0.15) is 0 Å². The van der Waals surface area contributed by atoms with Gasteiger partial charge in [0.15, 0.2) is 0 Å². The number of tetrazole rings is 1. The summed E-state index contributed by atoms with van der Waals surface area (Å²) in [7, 11) is -0.832. The van der Waals surface area contributed by atoms with Crippen molar-refractivity contribution in [2.75, 3.05) is 20.5 Å². The molecule has 74 valence electrons. The number of nitrogens with zero attached hydrogens (tertiary/aromatic N) is 4. The predicted molar refractivity (Wildman–Crippen MR) is 46.6 cm³/mol. The largest absolute Gasteiger partial charge is 0.458 e. The van der Waals surface area contributed by atoms with Crippen LogP contribution in [0.1, 0.15) is 0 Å². The molecule has 9 heteroatoms. The fourth-order valence-corrected chi connectivity index (χ4v) is 2.38. The number of hydrogen-bond donors (Lipinski definition) is 0. The minimum absolute atomic E-state index is 0.382. The van der Waals surface area contributed by atoms with E-state index in [1.165, 1.54) is 26.0 Å². The molecule has 0 amide bonds. The Morgan fingerprint density at radius 1 is 1.46 bits per heavy atom. The standard InChI is InChI=1S/C4H9N4O3PS/c1-10-12(9,11-2)8-4(13-3)5-6-7-8/h1-3H3. The van der Waals surface area contributed by atoms with Gasteiger partial charge in [-0.05, 0) is 16.7 Å². The second kappa shape index (κ2) is 4.19. The summed E-state index contributed by atoms with van der Waals surface area (Å²) in [5.74, 6) is 0. The maximum atomic E-state index is 11.8. The van der Waals surface area contributed by atoms with Crippen LogP contribution in [0.5, 0.6) is 0 Å². The third-order valence-corrected chi connectivity index (χ3v) is 3.71. The highest BCUT2D eigenvalue weighted by Gasteiger charge is 2.29. The summed E-state index contributed by atoms with van der Waals surface area (Å²) >= 11 is 1.25. The van der Waals surface area contributed by atoms with Crippen molar-refractivity contribution in [3.8, 4) is 0 Å². The maximum absolute atomic E-state index is 11.8. The van der Waals surface area contributed by atoms with Crippen LogP contribution < -0.4 is 0 Å². The first-order valence-corrected chi connectivity index (χ1v) is 5.94. The molecule has 1 aromatic rings. The minimum Gasteiger partial charge on any atom is -0.294 e. The number of aromatic nitrogens is 4. The van der Waals surface area contributed by atoms with E-state index in [1.54, 1.807) is 6.26 Å². The fourth-order valence-electron chi connectivity index (χ4n) is 0.680. The molecule has 0 aliphatic carbocycles. The van der Waals surface area contributed by atoms with E-state index in [0.717, 1.165) is 4.45 Å². The smallest absolute Gasteiger partial charge is 0.294 e. The summed E-state index contributed by atoms with van der Waals surface area (Å²) in [6.45, 7) is 0. The molecule has 0 aliphatic rings. The van der Waals surface area contributed by atoms with E-state index >= 15 is 0 Å². The first-order chi connectivity index (χ1) is 6.18. The summed E-state index contributed by atoms with van der Waals surface area (Å²) in [5, 5.41) is 10.9. The first kappa shape index (κ1) is 10.6. The fraction of sp³-hybridized carbons (Fsp3) is 0.750. The van der Waals surface area contributed by atoms with Gasteiger partial charge in [-0.1, -0.05) is 11.8 Å². The van der Waals surface area contributed by atoms with Crippen molar-refractivity contribution in [1.82, 2.24) is 20.0 Å². The molecule has 7 nitrogen and oxygen atoms in total. The SMILES string of the molecule is COP(=O)(OC)n1nnnc1SC. The second-order valence-corrected chi connectivity index (χ2v) is 4.71. The molecule has 0 radical (unpaired) electrons. The van der Waals surface area contributed by atoms with Crippen LogP contribution in [0.4, 0.5) is 0 Å². The normalized spacial score (nSPS) is 11.9. The van der Waals surface area contributed by atoms with Crippen LogP contribution in [0, 0.1) is 0 Å². The van der Waals surface area contributed by atoms with Gasteiger partial charge in [0.05, 0.1) is 0 Å². The van der Waals surface area contributed by atoms with E-state index in [9.17, 15) is 4.57 Å². The molecule has 1 rings (SSSR count). The van der Waals surface area contributed by atoms with E-state index in [1.807, 2.05) is 0 Å². The van der Waals surface area contributed by atoms with Gasteiger partial charge >= 0.3 is 7.75 Å². The van der Waals surface area contributed by atoms with Crippen molar-refractivity contribution in [2.24, 2.45) is 0 Å². The van der Waals surface area contributed by atoms with Crippen molar-refractivity contribution in [2.45, 2.75) is 5.16 Å². The lowest BCUT2D eigenvalue weighted by molar-refractivity contribution is 0.258. The Hall–Kier alpha value is -0.430. The molecule has 0 N–H and O–H groups in total. The molecule has 1 heterocycles. The maximum Gasteiger partial charge on any atom is 0.458 e. The average molecular weight is 224 g/mol. The molecule has 1 aromatic heterocycles. The Balaban J connectivity index is 3.12. The molecule has 0 bridgehead atoms. The van der Waals surface area contributed by atoms with Crippen LogP contribution in [0.15, 0.2) is 5.16 Å². The van der Waals surface area contributed by atoms with E-state index in [-0.39, 0.29) is 0 Å². The van der Waals surface area contributed by atoms with Crippen molar-refractivity contribution in [3.05, 3.63) is 0 Å². The van der Waals surface area contributed by atoms with Crippen LogP contribution in [-0.4, -0.2) is 40.5 Å². The van der Waals surface area contributed by atoms with E-state index < -0.39 is 7.75 Å². The van der Waals surface area contributed by atoms with E-state index in [4.69, 9.17) is 9.05 Å². The molecule has 0 saturated carbocycles. The lowest BCUT2D eigenvalue weighted by atomic mass is 11.4. The molecule has 0 atom stereocenters. The molecule has 0 aliphatic heterocycles. The van der Waals surface area contributed by atoms with Crippen molar-refractivity contribution >= 4 is 19.5 Å². The van der Waals surface area contributed by atoms with E-state index in [0.29, 0.717) is 5.16 Å². The van der Waals surface area contributed by atoms with Gasteiger partial charge in [-0.2, -0.15) is 0 Å². The molecule has 0 spiro atoms. The quantitative estimate of drug-likeness (QED) is 0.548. The molecule has 0 unspecified atom stereocenters. The monoisotopic (exact) mass is 224 g/mol. The number of rotatable bonds is 4. The first-order valence-electron chi connectivity index (χ1n) is 3.22. The van der Waals surface area contributed by atoms with Gasteiger partial charge in [-0.25, -0.2) is 4.57 Å². The van der Waals surface area contributed by atoms with Gasteiger partial charge in [-0.3, -0.25) is 9.05 Å². The molecule has 0 aromatic carbocycles. The molecule has 13 heavy (non-hydrogen) atoms. The Morgan fingerprint density at radius 2 is 2.08 bits per heavy atom. The highest BCUT2D eigenvalue weighted by molar-refractivity contribution is 7.98. The lowest BCUT2D eigenvalue weighted by Gasteiger charge is -2.12. The Bertz CT molecular complexity index is 321. The summed E-state index contributed by atoms with van der Waals surface area (Å²) < 4.78 is 22.2. The predicted octanol–water partition coefficient (Wildman–Crippen LogP) is 0.644. The molecular weight excluding hydrogens is 215 g/mol. The molecular formula is C4H9N4O3PS. The number of thioether (sulfide) groups is 1. The van der Waals surface area contributed by atoms with Crippen molar-refractivity contribution in [1.29, 1.82) is 0 Å². The van der Waals surface area contributed by atoms with Gasteiger partial charge in [0.2, 0.25) is 5.16 Å². The van der Waals surface area contributed by atoms with Gasteiger partial charge in [-0.15, -0.1) is 9.55 Å². The number of hydrogen-bond acceptors (Lipinski definition) is 7. The van der Waals surface area contributed by atoms with Crippen molar-refractivity contribution < 1.29 is 13.6 Å². The third-order valence-electron chi connectivity index (χ3n) is 1.30. The highest BCUT2D eigenvalue weighted by atomic mass is 32.2. The minimum atomic E-state index is -3.38. The van der Waals surface area contributed by atoms with Gasteiger partial charge < -0.3 is 0 Å². The Kier molecular flexibility index (Phi) is 3.43. The van der Waals surface area contributed by atoms with Crippen LogP contribution in [0.25, 0.3) is 0 Å². The topological polar surface area (TPSA) is 79.1 Å². The third kappa shape index (κ3) is 1.91. The summed E-state index contributed by atoms with van der Waals surface area (Å²) in [5.41, 5.74) is 0. The van der Waals surface area contributed by atoms with Crippen molar-refractivity contribution in [3.63, 3.8) is 0 Å². The van der Waals surface area contributed by atoms with E-state index in [2.05, 4.69) is 15.5 Å². The second-order valence-electron chi connectivity index (χ2n) is 1.89. The zero-order chi connectivity index (χ0) is 9.90. The molecule has 0 fully saturated rings. The highest BCUT2D eigenvalue weighted by Crippen LogP contribution is 2.48. The van der Waals surface area contributed by atoms with Gasteiger partial charge in [0.25, 0.3) is 0 Å². The lowest BCUT2D eigenvalue weighted by Crippen LogP contribution is -2.04. The van der Waals surface area contributed by atoms with Crippen LogP contribution in [0.2, 0.25) is 0 Å². The zero-order valence-corrected chi connectivity index (χ0v) is 9.08. The molecule has 0 saturated heterocycles.